The van der Waals surface area contributed by atoms with Crippen LogP contribution in [0.3, 0.4) is 0 Å². The van der Waals surface area contributed by atoms with Gasteiger partial charge in [0, 0.05) is 10.9 Å². The lowest BCUT2D eigenvalue weighted by molar-refractivity contribution is 0.380. The maximum atomic E-state index is 11.4. The molecule has 3 nitrogen and oxygen atoms in total. The van der Waals surface area contributed by atoms with Gasteiger partial charge in [0.2, 0.25) is 0 Å². The maximum Gasteiger partial charge on any atom is 0.150 e. The lowest BCUT2D eigenvalue weighted by Gasteiger charge is -2.28. The van der Waals surface area contributed by atoms with Crippen molar-refractivity contribution in [2.45, 2.75) is 38.1 Å². The monoisotopic (exact) mass is 299 g/mol. The van der Waals surface area contributed by atoms with Gasteiger partial charge in [-0.2, -0.15) is 0 Å². The van der Waals surface area contributed by atoms with Gasteiger partial charge in [-0.1, -0.05) is 0 Å². The topological polar surface area (TPSA) is 46.2 Å². The van der Waals surface area contributed by atoms with Crippen molar-refractivity contribution in [3.8, 4) is 0 Å². The van der Waals surface area contributed by atoms with Crippen LogP contribution in [0.4, 0.5) is 0 Å². The molecule has 2 aliphatic rings. The van der Waals surface area contributed by atoms with Gasteiger partial charge < -0.3 is 5.32 Å². The van der Waals surface area contributed by atoms with Gasteiger partial charge in [0.1, 0.15) is 9.84 Å². The molecule has 1 fully saturated rings. The molecule has 2 heterocycles. The van der Waals surface area contributed by atoms with Gasteiger partial charge in [0.15, 0.2) is 0 Å². The molecule has 1 aliphatic heterocycles. The molecule has 1 saturated heterocycles. The van der Waals surface area contributed by atoms with Crippen LogP contribution >= 0.6 is 11.3 Å². The fourth-order valence-electron chi connectivity index (χ4n) is 3.15. The molecule has 3 rings (SSSR count). The number of thiophene rings is 1. The summed E-state index contributed by atoms with van der Waals surface area (Å²) in [7, 11) is -2.72. The van der Waals surface area contributed by atoms with Crippen LogP contribution in [0.15, 0.2) is 11.4 Å². The summed E-state index contributed by atoms with van der Waals surface area (Å²) in [4.78, 5) is 1.54. The highest BCUT2D eigenvalue weighted by Gasteiger charge is 2.25. The zero-order valence-corrected chi connectivity index (χ0v) is 12.7. The molecule has 0 bridgehead atoms. The first-order chi connectivity index (χ1) is 9.14. The van der Waals surface area contributed by atoms with Gasteiger partial charge in [0.25, 0.3) is 0 Å². The molecule has 0 radical (unpaired) electrons. The summed E-state index contributed by atoms with van der Waals surface area (Å²) < 4.78 is 22.8. The summed E-state index contributed by atoms with van der Waals surface area (Å²) in [5.74, 6) is 1.30. The Labute approximate surface area is 119 Å². The Morgan fingerprint density at radius 3 is 2.84 bits per heavy atom. The van der Waals surface area contributed by atoms with Gasteiger partial charge >= 0.3 is 0 Å². The van der Waals surface area contributed by atoms with Crippen molar-refractivity contribution >= 4 is 21.2 Å². The number of fused-ring (bicyclic) bond motifs is 1. The van der Waals surface area contributed by atoms with E-state index in [0.717, 1.165) is 19.4 Å². The predicted molar refractivity (Wildman–Crippen MR) is 79.4 cm³/mol. The molecule has 1 unspecified atom stereocenters. The number of nitrogens with one attached hydrogen (secondary N) is 1. The Bertz CT molecular complexity index is 521. The fourth-order valence-corrected chi connectivity index (χ4v) is 5.73. The number of sulfone groups is 1. The van der Waals surface area contributed by atoms with E-state index in [0.29, 0.717) is 23.5 Å². The molecule has 1 aromatic heterocycles. The molecule has 1 atom stereocenters. The van der Waals surface area contributed by atoms with E-state index < -0.39 is 9.84 Å². The second kappa shape index (κ2) is 5.54. The normalized spacial score (nSPS) is 27.1. The SMILES string of the molecule is O=S1(=O)CCC(CNC2CCCc3sccc32)CC1. The van der Waals surface area contributed by atoms with Crippen molar-refractivity contribution in [1.82, 2.24) is 5.32 Å². The van der Waals surface area contributed by atoms with Crippen LogP contribution in [0, 0.1) is 5.92 Å². The third kappa shape index (κ3) is 3.20. The predicted octanol–water partition coefficient (Wildman–Crippen LogP) is 2.54. The Morgan fingerprint density at radius 2 is 2.05 bits per heavy atom. The quantitative estimate of drug-likeness (QED) is 0.933. The minimum atomic E-state index is -2.72. The Balaban J connectivity index is 1.54. The Kier molecular flexibility index (Phi) is 3.96. The van der Waals surface area contributed by atoms with Crippen molar-refractivity contribution in [1.29, 1.82) is 0 Å². The molecular formula is C14H21NO2S2. The van der Waals surface area contributed by atoms with E-state index in [4.69, 9.17) is 0 Å². The molecule has 1 aromatic rings. The second-order valence-corrected chi connectivity index (χ2v) is 9.05. The fraction of sp³-hybridized carbons (Fsp3) is 0.714. The summed E-state index contributed by atoms with van der Waals surface area (Å²) in [6, 6.07) is 2.75. The molecule has 106 valence electrons. The van der Waals surface area contributed by atoms with Crippen LogP contribution in [-0.2, 0) is 16.3 Å². The first-order valence-corrected chi connectivity index (χ1v) is 9.84. The number of rotatable bonds is 3. The standard InChI is InChI=1S/C14H21NO2S2/c16-19(17)8-5-11(6-9-19)10-15-13-2-1-3-14-12(13)4-7-18-14/h4,7,11,13,15H,1-3,5-6,8-10H2. The van der Waals surface area contributed by atoms with Crippen molar-refractivity contribution in [3.63, 3.8) is 0 Å². The molecule has 0 spiro atoms. The molecule has 19 heavy (non-hydrogen) atoms. The summed E-state index contributed by atoms with van der Waals surface area (Å²) in [5.41, 5.74) is 1.49. The van der Waals surface area contributed by atoms with Gasteiger partial charge in [-0.15, -0.1) is 11.3 Å². The molecule has 1 aliphatic carbocycles. The molecule has 0 saturated carbocycles. The number of hydrogen-bond donors (Lipinski definition) is 1. The highest BCUT2D eigenvalue weighted by molar-refractivity contribution is 7.91. The van der Waals surface area contributed by atoms with Gasteiger partial charge in [0.05, 0.1) is 11.5 Å². The van der Waals surface area contributed by atoms with Crippen LogP contribution in [0.2, 0.25) is 0 Å². The van der Waals surface area contributed by atoms with Crippen LogP contribution in [0.5, 0.6) is 0 Å². The first-order valence-electron chi connectivity index (χ1n) is 7.14. The summed E-state index contributed by atoms with van der Waals surface area (Å²) >= 11 is 1.87. The highest BCUT2D eigenvalue weighted by atomic mass is 32.2. The van der Waals surface area contributed by atoms with Crippen molar-refractivity contribution in [2.75, 3.05) is 18.1 Å². The third-order valence-corrected chi connectivity index (χ3v) is 7.09. The van der Waals surface area contributed by atoms with Crippen LogP contribution < -0.4 is 5.32 Å². The molecule has 1 N–H and O–H groups in total. The first kappa shape index (κ1) is 13.6. The molecule has 0 aromatic carbocycles. The zero-order chi connectivity index (χ0) is 13.3. The van der Waals surface area contributed by atoms with E-state index in [9.17, 15) is 8.42 Å². The smallest absolute Gasteiger partial charge is 0.150 e. The minimum absolute atomic E-state index is 0.383. The van der Waals surface area contributed by atoms with Crippen molar-refractivity contribution in [3.05, 3.63) is 21.9 Å². The Morgan fingerprint density at radius 1 is 1.26 bits per heavy atom. The lowest BCUT2D eigenvalue weighted by atomic mass is 9.93. The molecule has 5 heteroatoms. The van der Waals surface area contributed by atoms with E-state index in [1.54, 1.807) is 0 Å². The largest absolute Gasteiger partial charge is 0.310 e. The minimum Gasteiger partial charge on any atom is -0.310 e. The second-order valence-electron chi connectivity index (χ2n) is 5.75. The zero-order valence-electron chi connectivity index (χ0n) is 11.1. The average Bonchev–Trinajstić information content (AvgIpc) is 2.86. The van der Waals surface area contributed by atoms with Crippen LogP contribution in [0.1, 0.15) is 42.2 Å². The average molecular weight is 299 g/mol. The van der Waals surface area contributed by atoms with Crippen LogP contribution in [0.25, 0.3) is 0 Å². The number of hydrogen-bond acceptors (Lipinski definition) is 4. The highest BCUT2D eigenvalue weighted by Crippen LogP contribution is 2.33. The summed E-state index contributed by atoms with van der Waals surface area (Å²) in [6.45, 7) is 0.968. The van der Waals surface area contributed by atoms with Crippen molar-refractivity contribution < 1.29 is 8.42 Å². The third-order valence-electron chi connectivity index (χ3n) is 4.38. The summed E-state index contributed by atoms with van der Waals surface area (Å²) in [6.07, 6.45) is 5.38. The number of aryl methyl sites for hydroxylation is 1. The van der Waals surface area contributed by atoms with Gasteiger partial charge in [-0.25, -0.2) is 8.42 Å². The van der Waals surface area contributed by atoms with E-state index in [1.165, 1.54) is 29.7 Å². The lowest BCUT2D eigenvalue weighted by Crippen LogP contribution is -2.33. The van der Waals surface area contributed by atoms with E-state index in [1.807, 2.05) is 11.3 Å². The summed E-state index contributed by atoms with van der Waals surface area (Å²) in [5, 5.41) is 5.87. The maximum absolute atomic E-state index is 11.4. The molecule has 0 amide bonds. The van der Waals surface area contributed by atoms with Gasteiger partial charge in [-0.3, -0.25) is 0 Å². The van der Waals surface area contributed by atoms with Gasteiger partial charge in [-0.05, 0) is 61.6 Å². The molecular weight excluding hydrogens is 278 g/mol. The van der Waals surface area contributed by atoms with Crippen molar-refractivity contribution in [2.24, 2.45) is 5.92 Å². The van der Waals surface area contributed by atoms with E-state index in [2.05, 4.69) is 16.8 Å². The van der Waals surface area contributed by atoms with Crippen LogP contribution in [-0.4, -0.2) is 26.5 Å². The Hall–Kier alpha value is -0.390. The van der Waals surface area contributed by atoms with E-state index >= 15 is 0 Å². The van der Waals surface area contributed by atoms with E-state index in [-0.39, 0.29) is 0 Å².